The standard InChI is InChI=1S/C10H14BrNO6P2/c11-7-2-3-8-6(5-7)1-4-9(8)12-10(19(13,14)15)20(16,17)18/h2-3,5,9-10,12H,1,4H2,(H2,13,14,15)(H2,16,17,18). The Bertz CT molecular complexity index is 590. The number of aryl methyl sites for hydroxylation is 1. The summed E-state index contributed by atoms with van der Waals surface area (Å²) in [5.74, 6) is 0. The third-order valence-corrected chi connectivity index (χ3v) is 7.04. The normalized spacial score (nSPS) is 19.4. The molecule has 20 heavy (non-hydrogen) atoms. The summed E-state index contributed by atoms with van der Waals surface area (Å²) in [6.07, 6.45) is 1.21. The molecular formula is C10H14BrNO6P2. The van der Waals surface area contributed by atoms with Crippen LogP contribution in [0.5, 0.6) is 0 Å². The van der Waals surface area contributed by atoms with Crippen molar-refractivity contribution in [3.8, 4) is 0 Å². The molecule has 0 aromatic heterocycles. The van der Waals surface area contributed by atoms with Crippen molar-refractivity contribution < 1.29 is 28.7 Å². The first-order chi connectivity index (χ1) is 9.09. The van der Waals surface area contributed by atoms with Crippen LogP contribution in [-0.2, 0) is 15.6 Å². The lowest BCUT2D eigenvalue weighted by molar-refractivity contribution is 0.320. The smallest absolute Gasteiger partial charge is 0.323 e. The van der Waals surface area contributed by atoms with E-state index in [0.717, 1.165) is 15.6 Å². The van der Waals surface area contributed by atoms with Gasteiger partial charge in [-0.1, -0.05) is 22.0 Å². The van der Waals surface area contributed by atoms with Gasteiger partial charge in [-0.05, 0) is 36.1 Å². The summed E-state index contributed by atoms with van der Waals surface area (Å²) in [6, 6.07) is 4.97. The third kappa shape index (κ3) is 3.59. The van der Waals surface area contributed by atoms with Crippen LogP contribution in [0.2, 0.25) is 0 Å². The van der Waals surface area contributed by atoms with Crippen molar-refractivity contribution in [3.63, 3.8) is 0 Å². The van der Waals surface area contributed by atoms with Crippen LogP contribution in [0.25, 0.3) is 0 Å². The van der Waals surface area contributed by atoms with Crippen LogP contribution in [0, 0.1) is 0 Å². The number of hydrogen-bond donors (Lipinski definition) is 5. The van der Waals surface area contributed by atoms with Gasteiger partial charge in [0.15, 0.2) is 0 Å². The fraction of sp³-hybridized carbons (Fsp3) is 0.400. The lowest BCUT2D eigenvalue weighted by Crippen LogP contribution is -2.31. The zero-order valence-electron chi connectivity index (χ0n) is 10.2. The predicted octanol–water partition coefficient (Wildman–Crippen LogP) is 1.67. The van der Waals surface area contributed by atoms with E-state index in [0.29, 0.717) is 12.8 Å². The minimum atomic E-state index is -4.95. The molecule has 0 radical (unpaired) electrons. The van der Waals surface area contributed by atoms with Gasteiger partial charge in [-0.2, -0.15) is 0 Å². The molecule has 0 bridgehead atoms. The van der Waals surface area contributed by atoms with Gasteiger partial charge >= 0.3 is 15.2 Å². The van der Waals surface area contributed by atoms with Crippen LogP contribution >= 0.6 is 31.1 Å². The van der Waals surface area contributed by atoms with Crippen molar-refractivity contribution >= 4 is 31.1 Å². The van der Waals surface area contributed by atoms with Crippen LogP contribution in [0.15, 0.2) is 22.7 Å². The Morgan fingerprint density at radius 2 is 1.80 bits per heavy atom. The van der Waals surface area contributed by atoms with E-state index in [9.17, 15) is 9.13 Å². The summed E-state index contributed by atoms with van der Waals surface area (Å²) in [7, 11) is -9.91. The molecule has 1 unspecified atom stereocenters. The summed E-state index contributed by atoms with van der Waals surface area (Å²) < 4.78 is 23.4. The van der Waals surface area contributed by atoms with E-state index in [4.69, 9.17) is 19.6 Å². The second-order valence-electron chi connectivity index (χ2n) is 4.65. The highest BCUT2D eigenvalue weighted by Crippen LogP contribution is 2.59. The second kappa shape index (κ2) is 5.63. The Kier molecular flexibility index (Phi) is 4.60. The Labute approximate surface area is 123 Å². The molecule has 5 N–H and O–H groups in total. The average molecular weight is 386 g/mol. The lowest BCUT2D eigenvalue weighted by atomic mass is 10.1. The third-order valence-electron chi connectivity index (χ3n) is 3.17. The predicted molar refractivity (Wildman–Crippen MR) is 76.2 cm³/mol. The van der Waals surface area contributed by atoms with Gasteiger partial charge in [0.2, 0.25) is 5.52 Å². The summed E-state index contributed by atoms with van der Waals surface area (Å²) in [5, 5.41) is 2.43. The molecule has 1 aliphatic carbocycles. The average Bonchev–Trinajstić information content (AvgIpc) is 2.64. The summed E-state index contributed by atoms with van der Waals surface area (Å²) in [6.45, 7) is 0. The zero-order chi connectivity index (χ0) is 15.1. The first-order valence-electron chi connectivity index (χ1n) is 5.74. The zero-order valence-corrected chi connectivity index (χ0v) is 13.6. The fourth-order valence-corrected chi connectivity index (χ4v) is 5.05. The van der Waals surface area contributed by atoms with E-state index in [1.54, 1.807) is 12.1 Å². The molecule has 2 rings (SSSR count). The van der Waals surface area contributed by atoms with E-state index in [1.165, 1.54) is 0 Å². The van der Waals surface area contributed by atoms with E-state index in [-0.39, 0.29) is 0 Å². The van der Waals surface area contributed by atoms with Crippen LogP contribution < -0.4 is 5.32 Å². The highest BCUT2D eigenvalue weighted by atomic mass is 79.9. The molecule has 1 atom stereocenters. The van der Waals surface area contributed by atoms with Crippen molar-refractivity contribution in [1.29, 1.82) is 0 Å². The Morgan fingerprint density at radius 1 is 1.20 bits per heavy atom. The Morgan fingerprint density at radius 3 is 2.35 bits per heavy atom. The molecule has 112 valence electrons. The maximum Gasteiger partial charge on any atom is 0.354 e. The minimum absolute atomic E-state index is 0.483. The molecule has 0 saturated heterocycles. The maximum atomic E-state index is 11.3. The fourth-order valence-electron chi connectivity index (χ4n) is 2.33. The van der Waals surface area contributed by atoms with Crippen LogP contribution in [-0.4, -0.2) is 25.1 Å². The maximum absolute atomic E-state index is 11.3. The summed E-state index contributed by atoms with van der Waals surface area (Å²) in [4.78, 5) is 36.5. The largest absolute Gasteiger partial charge is 0.354 e. The van der Waals surface area contributed by atoms with Crippen LogP contribution in [0.1, 0.15) is 23.6 Å². The molecule has 1 aliphatic rings. The monoisotopic (exact) mass is 385 g/mol. The van der Waals surface area contributed by atoms with E-state index in [2.05, 4.69) is 21.2 Å². The molecule has 1 aromatic rings. The summed E-state index contributed by atoms with van der Waals surface area (Å²) in [5.41, 5.74) is -0.373. The minimum Gasteiger partial charge on any atom is -0.323 e. The number of rotatable bonds is 4. The van der Waals surface area contributed by atoms with Crippen molar-refractivity contribution in [2.24, 2.45) is 0 Å². The second-order valence-corrected chi connectivity index (χ2v) is 9.37. The van der Waals surface area contributed by atoms with E-state index < -0.39 is 26.8 Å². The molecular weight excluding hydrogens is 372 g/mol. The first kappa shape index (κ1) is 16.3. The SMILES string of the molecule is O=P(O)(O)C(NC1CCc2cc(Br)ccc21)P(=O)(O)O. The van der Waals surface area contributed by atoms with E-state index in [1.807, 2.05) is 6.07 Å². The van der Waals surface area contributed by atoms with E-state index >= 15 is 0 Å². The summed E-state index contributed by atoms with van der Waals surface area (Å²) >= 11 is 3.33. The van der Waals surface area contributed by atoms with Crippen molar-refractivity contribution in [3.05, 3.63) is 33.8 Å². The lowest BCUT2D eigenvalue weighted by Gasteiger charge is -2.25. The van der Waals surface area contributed by atoms with Crippen molar-refractivity contribution in [1.82, 2.24) is 5.32 Å². The molecule has 7 nitrogen and oxygen atoms in total. The number of fused-ring (bicyclic) bond motifs is 1. The highest BCUT2D eigenvalue weighted by Gasteiger charge is 2.45. The van der Waals surface area contributed by atoms with Crippen LogP contribution in [0.3, 0.4) is 0 Å². The van der Waals surface area contributed by atoms with Gasteiger partial charge in [-0.3, -0.25) is 14.4 Å². The highest BCUT2D eigenvalue weighted by molar-refractivity contribution is 9.10. The number of hydrogen-bond acceptors (Lipinski definition) is 3. The van der Waals surface area contributed by atoms with Gasteiger partial charge in [0, 0.05) is 10.5 Å². The number of benzene rings is 1. The number of halogens is 1. The van der Waals surface area contributed by atoms with Crippen molar-refractivity contribution in [2.75, 3.05) is 0 Å². The molecule has 0 saturated carbocycles. The molecule has 10 heteroatoms. The van der Waals surface area contributed by atoms with Gasteiger partial charge in [-0.15, -0.1) is 0 Å². The molecule has 0 amide bonds. The first-order valence-corrected chi connectivity index (χ1v) is 9.89. The number of nitrogens with one attached hydrogen (secondary N) is 1. The topological polar surface area (TPSA) is 127 Å². The van der Waals surface area contributed by atoms with Gasteiger partial charge in [-0.25, -0.2) is 0 Å². The molecule has 1 aromatic carbocycles. The quantitative estimate of drug-likeness (QED) is 0.498. The van der Waals surface area contributed by atoms with Gasteiger partial charge in [0.25, 0.3) is 0 Å². The Hall–Kier alpha value is -0.0400. The molecule has 0 spiro atoms. The van der Waals surface area contributed by atoms with Gasteiger partial charge in [0.05, 0.1) is 0 Å². The Balaban J connectivity index is 2.28. The molecule has 0 heterocycles. The van der Waals surface area contributed by atoms with Crippen molar-refractivity contribution in [2.45, 2.75) is 24.4 Å². The van der Waals surface area contributed by atoms with Gasteiger partial charge < -0.3 is 19.6 Å². The van der Waals surface area contributed by atoms with Crippen LogP contribution in [0.4, 0.5) is 0 Å². The van der Waals surface area contributed by atoms with Gasteiger partial charge in [0.1, 0.15) is 0 Å². The molecule has 0 aliphatic heterocycles. The molecule has 0 fully saturated rings.